The maximum Gasteiger partial charge on any atom is 0.427 e. The van der Waals surface area contributed by atoms with Gasteiger partial charge in [0.1, 0.15) is 18.3 Å². The normalized spacial score (nSPS) is 22.1. The first kappa shape index (κ1) is 102. The number of H-pyrrole nitrogens is 2. The van der Waals surface area contributed by atoms with Crippen molar-refractivity contribution in [2.24, 2.45) is 5.10 Å². The largest absolute Gasteiger partial charge is 0.452 e. The van der Waals surface area contributed by atoms with E-state index in [0.29, 0.717) is 133 Å². The molecule has 11 rings (SSSR count). The quantitative estimate of drug-likeness (QED) is 0.0159. The molecule has 127 heavy (non-hydrogen) atoms. The molecule has 3 saturated carbocycles. The van der Waals surface area contributed by atoms with E-state index in [1.165, 1.54) is 55.9 Å². The maximum absolute atomic E-state index is 13.4. The minimum Gasteiger partial charge on any atom is -0.452 e. The molecule has 0 unspecified atom stereocenters. The Labute approximate surface area is 720 Å². The Balaban J connectivity index is 0.000000225. The van der Waals surface area contributed by atoms with Crippen LogP contribution in [0.15, 0.2) is 173 Å². The number of hydrazone groups is 1. The van der Waals surface area contributed by atoms with Crippen LogP contribution in [0, 0.1) is 0 Å². The van der Waals surface area contributed by atoms with Gasteiger partial charge < -0.3 is 44.3 Å². The number of alkyl carbamates (subject to hydrolysis) is 1. The van der Waals surface area contributed by atoms with E-state index >= 15 is 0 Å². The number of methoxy groups -OCH3 is 1. The van der Waals surface area contributed by atoms with Gasteiger partial charge in [0.25, 0.3) is 0 Å². The van der Waals surface area contributed by atoms with Gasteiger partial charge in [0.15, 0.2) is 0 Å². The van der Waals surface area contributed by atoms with Crippen molar-refractivity contribution in [3.05, 3.63) is 246 Å². The van der Waals surface area contributed by atoms with Gasteiger partial charge in [-0.1, -0.05) is 91.0 Å². The lowest BCUT2D eigenvalue weighted by molar-refractivity contribution is -0.145. The molecule has 3 atom stereocenters. The highest BCUT2D eigenvalue weighted by atomic mass is 19.4. The fourth-order valence-corrected chi connectivity index (χ4v) is 16.4. The minimum atomic E-state index is -4.96. The van der Waals surface area contributed by atoms with Crippen molar-refractivity contribution >= 4 is 18.4 Å². The van der Waals surface area contributed by atoms with Gasteiger partial charge in [-0.05, 0) is 233 Å². The van der Waals surface area contributed by atoms with E-state index < -0.39 is 151 Å². The van der Waals surface area contributed by atoms with Crippen LogP contribution in [0.1, 0.15) is 230 Å². The third-order valence-electron chi connectivity index (χ3n) is 23.8. The van der Waals surface area contributed by atoms with Crippen LogP contribution in [0.3, 0.4) is 0 Å². The van der Waals surface area contributed by atoms with E-state index in [1.807, 2.05) is 91.0 Å². The van der Waals surface area contributed by atoms with Crippen molar-refractivity contribution in [1.82, 2.24) is 40.3 Å². The lowest BCUT2D eigenvalue weighted by Gasteiger charge is -2.47. The molecule has 6 aromatic carbocycles. The van der Waals surface area contributed by atoms with Crippen molar-refractivity contribution in [2.45, 2.75) is 239 Å². The average Bonchev–Trinajstić information content (AvgIpc) is 1.75. The number of carbonyl (C=O) groups excluding carboxylic acids is 2. The summed E-state index contributed by atoms with van der Waals surface area (Å²) in [7, 11) is 1.28. The predicted molar refractivity (Wildman–Crippen MR) is 431 cm³/mol. The smallest absolute Gasteiger partial charge is 0.427 e. The SMILES string of the molecule is CC=NNC(=O)OC.C[C@@H](OCC1(c2ccccc2)CCC(CCO)(NC(=O)OC(C)(C)C)CC1)c1cc(C(F)(F)F)cc(C(F)(F)F)c1.C[C@@H](OCC1(c2ccccc2)CCC(CCO)(n2cn[nH]c2=O)CC1)c1cc(C(F)(F)F)cc(C(F)(F)F)c1.C[C@@H](OCC1(c2ccccc2)CCC(CCO)(n2cn[nH]c2=O)CC1)c1cc(C(F)(F)F)cc(C(F)(F)F)c1. The first-order valence-electron chi connectivity index (χ1n) is 40.6. The van der Waals surface area contributed by atoms with Crippen LogP contribution in [0.25, 0.3) is 0 Å². The van der Waals surface area contributed by atoms with Gasteiger partial charge in [0.2, 0.25) is 0 Å². The molecular weight excluding hydrogens is 1720 g/mol. The van der Waals surface area contributed by atoms with Crippen LogP contribution in [-0.4, -0.2) is 121 Å². The number of aliphatic hydroxyl groups excluding tert-OH is 3. The molecule has 7 N–H and O–H groups in total. The zero-order chi connectivity index (χ0) is 94.1. The molecule has 2 heterocycles. The van der Waals surface area contributed by atoms with Crippen LogP contribution in [-0.2, 0) is 88.1 Å². The minimum absolute atomic E-state index is 0.0252. The van der Waals surface area contributed by atoms with Crippen LogP contribution >= 0.6 is 0 Å². The number of halogens is 18. The molecule has 39 heteroatoms. The Hall–Kier alpha value is -10.1. The number of ether oxygens (including phenoxy) is 5. The molecule has 3 fully saturated rings. The molecule has 3 aliphatic carbocycles. The molecule has 0 bridgehead atoms. The van der Waals surface area contributed by atoms with Gasteiger partial charge in [0, 0.05) is 47.8 Å². The van der Waals surface area contributed by atoms with Crippen LogP contribution in [0.2, 0.25) is 0 Å². The number of amides is 2. The highest BCUT2D eigenvalue weighted by molar-refractivity contribution is 5.69. The van der Waals surface area contributed by atoms with Gasteiger partial charge in [-0.15, -0.1) is 0 Å². The van der Waals surface area contributed by atoms with Crippen LogP contribution in [0.4, 0.5) is 88.6 Å². The van der Waals surface area contributed by atoms with Gasteiger partial charge in [-0.25, -0.2) is 34.8 Å². The van der Waals surface area contributed by atoms with Crippen LogP contribution in [0.5, 0.6) is 0 Å². The molecule has 21 nitrogen and oxygen atoms in total. The molecule has 2 amide bonds. The van der Waals surface area contributed by atoms with E-state index in [2.05, 4.69) is 41.0 Å². The summed E-state index contributed by atoms with van der Waals surface area (Å²) in [6.45, 7) is 10.8. The first-order valence-corrected chi connectivity index (χ1v) is 40.6. The third-order valence-corrected chi connectivity index (χ3v) is 23.8. The molecule has 0 aliphatic heterocycles. The van der Waals surface area contributed by atoms with Gasteiger partial charge in [-0.2, -0.15) is 94.3 Å². The number of hydrogen-bond acceptors (Lipinski definition) is 15. The summed E-state index contributed by atoms with van der Waals surface area (Å²) in [4.78, 5) is 47.5. The standard InChI is InChI=1S/C30H37F6NO4.2C27H29F6N3O3.C4H8N2O2/c1-20(21-16-23(29(31,32)33)18-24(17-21)30(34,35)36)40-19-27(22-8-6-5-7-9-22)10-12-28(13-11-27,14-15-38)37-25(39)41-26(2,3)4;2*1-18(19-13-21(26(28,29)30)15-22(14-19)27(31,32)33)39-16-24(20-5-3-2-4-6-20)7-9-25(10-8-24,11-12-37)36-17-34-35-23(36)38;1-3-5-6-4(7)8-2/h5-9,16-18,20,38H,10-15,19H2,1-4H3,(H,37,39);2*2-6,13-15,17-18,37H,7-12,16H2,1H3,(H,35,38);3H,1-2H3,(H,6,7)/t20-,27?,28?;2*18-,24?,25?;/m111./s1. The lowest BCUT2D eigenvalue weighted by Crippen LogP contribution is -2.55. The molecule has 8 aromatic rings. The molecular formula is C88H103F18N9O12. The number of aliphatic hydroxyl groups is 3. The zero-order valence-corrected chi connectivity index (χ0v) is 70.7. The van der Waals surface area contributed by atoms with Crippen molar-refractivity contribution in [3.63, 3.8) is 0 Å². The zero-order valence-electron chi connectivity index (χ0n) is 70.7. The molecule has 0 saturated heterocycles. The van der Waals surface area contributed by atoms with E-state index in [-0.39, 0.29) is 74.5 Å². The number of aromatic amines is 2. The number of rotatable bonds is 25. The monoisotopic (exact) mass is 1820 g/mol. The number of benzene rings is 6. The highest BCUT2D eigenvalue weighted by Crippen LogP contribution is 2.52. The highest BCUT2D eigenvalue weighted by Gasteiger charge is 2.51. The van der Waals surface area contributed by atoms with Gasteiger partial charge in [0.05, 0.1) is 89.7 Å². The molecule has 698 valence electrons. The fourth-order valence-electron chi connectivity index (χ4n) is 16.4. The number of hydrogen-bond donors (Lipinski definition) is 7. The second-order valence-corrected chi connectivity index (χ2v) is 33.1. The topological polar surface area (TPSA) is 279 Å². The maximum atomic E-state index is 13.4. The lowest BCUT2D eigenvalue weighted by atomic mass is 9.63. The number of nitrogens with one attached hydrogen (secondary N) is 4. The Morgan fingerprint density at radius 2 is 0.717 bits per heavy atom. The Bertz CT molecular complexity index is 4680. The fraction of sp³-hybridized carbons (Fsp3) is 0.511. The third kappa shape index (κ3) is 27.0. The summed E-state index contributed by atoms with van der Waals surface area (Å²) >= 11 is 0. The van der Waals surface area contributed by atoms with Gasteiger partial charge >= 0.3 is 60.6 Å². The second kappa shape index (κ2) is 42.0. The summed E-state index contributed by atoms with van der Waals surface area (Å²) in [5.41, 5.74) is -9.71. The Kier molecular flexibility index (Phi) is 33.8. The Morgan fingerprint density at radius 3 is 0.945 bits per heavy atom. The number of carbonyl (C=O) groups is 2. The Morgan fingerprint density at radius 1 is 0.441 bits per heavy atom. The number of alkyl halides is 18. The number of aromatic nitrogens is 6. The van der Waals surface area contributed by atoms with E-state index in [1.54, 1.807) is 27.7 Å². The summed E-state index contributed by atoms with van der Waals surface area (Å²) in [6, 6.07) is 32.4. The van der Waals surface area contributed by atoms with E-state index in [0.717, 1.165) is 16.7 Å². The van der Waals surface area contributed by atoms with E-state index in [4.69, 9.17) is 18.9 Å². The van der Waals surface area contributed by atoms with Gasteiger partial charge in [-0.3, -0.25) is 9.13 Å². The molecule has 0 radical (unpaired) electrons. The predicted octanol–water partition coefficient (Wildman–Crippen LogP) is 20.3. The van der Waals surface area contributed by atoms with Crippen molar-refractivity contribution in [3.8, 4) is 0 Å². The van der Waals surface area contributed by atoms with Crippen molar-refractivity contribution < 1.29 is 128 Å². The second-order valence-electron chi connectivity index (χ2n) is 33.1. The summed E-state index contributed by atoms with van der Waals surface area (Å²) in [5, 5.41) is 48.0. The summed E-state index contributed by atoms with van der Waals surface area (Å²) < 4.78 is 272. The molecule has 3 aliphatic rings. The van der Waals surface area contributed by atoms with Crippen LogP contribution < -0.4 is 22.1 Å². The first-order chi connectivity index (χ1) is 59.3. The average molecular weight is 1820 g/mol. The van der Waals surface area contributed by atoms with E-state index in [9.17, 15) is 114 Å². The molecule has 2 aromatic heterocycles. The molecule has 0 spiro atoms. The number of nitrogens with zero attached hydrogens (tertiary/aromatic N) is 5. The van der Waals surface area contributed by atoms with Crippen molar-refractivity contribution in [1.29, 1.82) is 0 Å². The summed E-state index contributed by atoms with van der Waals surface area (Å²) in [5.74, 6) is 0. The summed E-state index contributed by atoms with van der Waals surface area (Å²) in [6.07, 6.45) is -23.1. The van der Waals surface area contributed by atoms with Crippen molar-refractivity contribution in [2.75, 3.05) is 46.8 Å².